The highest BCUT2D eigenvalue weighted by Crippen LogP contribution is 2.12. The van der Waals surface area contributed by atoms with Crippen LogP contribution in [0, 0.1) is 0 Å². The number of hydrogen-bond acceptors (Lipinski definition) is 4. The van der Waals surface area contributed by atoms with Crippen molar-refractivity contribution in [2.45, 2.75) is 64.4 Å². The summed E-state index contributed by atoms with van der Waals surface area (Å²) >= 11 is 0. The Morgan fingerprint density at radius 2 is 1.71 bits per heavy atom. The zero-order chi connectivity index (χ0) is 15.5. The summed E-state index contributed by atoms with van der Waals surface area (Å²) < 4.78 is 5.23. The third-order valence-electron chi connectivity index (χ3n) is 3.49. The second-order valence-corrected chi connectivity index (χ2v) is 5.48. The highest BCUT2D eigenvalue weighted by atomic mass is 16.5. The maximum Gasteiger partial charge on any atom is 0.220 e. The van der Waals surface area contributed by atoms with Crippen LogP contribution in [0.15, 0.2) is 24.0 Å². The minimum Gasteiger partial charge on any atom is -0.487 e. The first-order valence-corrected chi connectivity index (χ1v) is 7.92. The number of hydrogen-bond donors (Lipinski definition) is 1. The average Bonchev–Trinajstić information content (AvgIpc) is 2.47. The van der Waals surface area contributed by atoms with Crippen LogP contribution in [-0.2, 0) is 14.3 Å². The molecule has 4 heteroatoms. The molecule has 4 nitrogen and oxygen atoms in total. The Morgan fingerprint density at radius 1 is 1.05 bits per heavy atom. The summed E-state index contributed by atoms with van der Waals surface area (Å²) in [6, 6.07) is 0. The van der Waals surface area contributed by atoms with Gasteiger partial charge in [-0.3, -0.25) is 9.59 Å². The van der Waals surface area contributed by atoms with Gasteiger partial charge in [0.2, 0.25) is 5.78 Å². The number of unbranched alkanes of at least 4 members (excludes halogenated alkanes) is 6. The molecule has 1 aliphatic rings. The fourth-order valence-electron chi connectivity index (χ4n) is 2.21. The zero-order valence-electron chi connectivity index (χ0n) is 12.8. The van der Waals surface area contributed by atoms with Gasteiger partial charge < -0.3 is 9.84 Å². The number of ether oxygens (including phenoxy) is 1. The van der Waals surface area contributed by atoms with Gasteiger partial charge in [-0.15, -0.1) is 0 Å². The van der Waals surface area contributed by atoms with Crippen molar-refractivity contribution in [2.75, 3.05) is 6.61 Å². The Morgan fingerprint density at radius 3 is 2.43 bits per heavy atom. The van der Waals surface area contributed by atoms with E-state index in [0.29, 0.717) is 6.42 Å². The first-order chi connectivity index (χ1) is 10.1. The summed E-state index contributed by atoms with van der Waals surface area (Å²) in [6.07, 6.45) is 12.0. The van der Waals surface area contributed by atoms with Gasteiger partial charge in [-0.05, 0) is 18.6 Å². The van der Waals surface area contributed by atoms with Crippen LogP contribution in [0.25, 0.3) is 0 Å². The van der Waals surface area contributed by atoms with E-state index in [1.54, 1.807) is 0 Å². The molecule has 0 heterocycles. The van der Waals surface area contributed by atoms with Crippen molar-refractivity contribution in [1.29, 1.82) is 0 Å². The van der Waals surface area contributed by atoms with E-state index in [4.69, 9.17) is 4.74 Å². The normalized spacial score (nSPS) is 16.0. The molecule has 0 aliphatic heterocycles. The monoisotopic (exact) mass is 294 g/mol. The van der Waals surface area contributed by atoms with Gasteiger partial charge in [0.15, 0.2) is 11.5 Å². The number of carbonyl (C=O) groups excluding carboxylic acids is 2. The second-order valence-electron chi connectivity index (χ2n) is 5.48. The molecule has 1 atom stereocenters. The van der Waals surface area contributed by atoms with Crippen molar-refractivity contribution in [3.8, 4) is 0 Å². The summed E-state index contributed by atoms with van der Waals surface area (Å²) in [5.74, 6) is -0.551. The minimum absolute atomic E-state index is 0.0288. The van der Waals surface area contributed by atoms with Crippen molar-refractivity contribution in [1.82, 2.24) is 0 Å². The van der Waals surface area contributed by atoms with Gasteiger partial charge in [-0.2, -0.15) is 0 Å². The highest BCUT2D eigenvalue weighted by molar-refractivity contribution is 6.16. The number of allylic oxidation sites excluding steroid dienone is 3. The van der Waals surface area contributed by atoms with Crippen LogP contribution in [0.4, 0.5) is 0 Å². The zero-order valence-corrected chi connectivity index (χ0v) is 12.8. The molecule has 118 valence electrons. The van der Waals surface area contributed by atoms with Crippen molar-refractivity contribution < 1.29 is 19.4 Å². The first kappa shape index (κ1) is 17.6. The second kappa shape index (κ2) is 10.3. The molecule has 1 rings (SSSR count). The summed E-state index contributed by atoms with van der Waals surface area (Å²) in [4.78, 5) is 22.5. The van der Waals surface area contributed by atoms with E-state index in [0.717, 1.165) is 12.8 Å². The molecular weight excluding hydrogens is 268 g/mol. The smallest absolute Gasteiger partial charge is 0.220 e. The van der Waals surface area contributed by atoms with Crippen LogP contribution < -0.4 is 0 Å². The van der Waals surface area contributed by atoms with Crippen LogP contribution in [0.2, 0.25) is 0 Å². The lowest BCUT2D eigenvalue weighted by Gasteiger charge is -2.14. The quantitative estimate of drug-likeness (QED) is 0.470. The molecule has 0 aromatic heterocycles. The third-order valence-corrected chi connectivity index (χ3v) is 3.49. The molecule has 0 bridgehead atoms. The molecule has 0 fully saturated rings. The molecule has 1 aliphatic carbocycles. The third kappa shape index (κ3) is 7.81. The Balaban J connectivity index is 2.07. The minimum atomic E-state index is -0.588. The molecule has 0 saturated carbocycles. The molecule has 0 aromatic rings. The number of aliphatic hydroxyl groups excluding tert-OH is 1. The number of aliphatic hydroxyl groups is 1. The molecule has 0 amide bonds. The molecule has 1 unspecified atom stereocenters. The van der Waals surface area contributed by atoms with Crippen molar-refractivity contribution in [3.63, 3.8) is 0 Å². The number of ketones is 2. The molecule has 0 saturated heterocycles. The van der Waals surface area contributed by atoms with E-state index in [2.05, 4.69) is 6.92 Å². The SMILES string of the molecule is CCCCCCCCCC(O)COC1=CC(=O)C=CC1=O. The van der Waals surface area contributed by atoms with E-state index in [1.807, 2.05) is 0 Å². The van der Waals surface area contributed by atoms with Gasteiger partial charge in [0.05, 0.1) is 6.10 Å². The van der Waals surface area contributed by atoms with E-state index in [-0.39, 0.29) is 23.9 Å². The Bertz CT molecular complexity index is 396. The summed E-state index contributed by atoms with van der Waals surface area (Å²) in [5.41, 5.74) is 0. The van der Waals surface area contributed by atoms with Crippen LogP contribution in [0.3, 0.4) is 0 Å². The van der Waals surface area contributed by atoms with Crippen molar-refractivity contribution in [3.05, 3.63) is 24.0 Å². The Hall–Kier alpha value is -1.42. The van der Waals surface area contributed by atoms with E-state index < -0.39 is 6.10 Å². The van der Waals surface area contributed by atoms with Crippen LogP contribution >= 0.6 is 0 Å². The molecule has 21 heavy (non-hydrogen) atoms. The van der Waals surface area contributed by atoms with E-state index in [9.17, 15) is 14.7 Å². The highest BCUT2D eigenvalue weighted by Gasteiger charge is 2.16. The van der Waals surface area contributed by atoms with Crippen LogP contribution in [0.5, 0.6) is 0 Å². The van der Waals surface area contributed by atoms with E-state index in [1.165, 1.54) is 50.3 Å². The topological polar surface area (TPSA) is 63.6 Å². The fraction of sp³-hybridized carbons (Fsp3) is 0.647. The average molecular weight is 294 g/mol. The molecule has 0 spiro atoms. The van der Waals surface area contributed by atoms with Gasteiger partial charge in [-0.25, -0.2) is 0 Å². The molecular formula is C17H26O4. The van der Waals surface area contributed by atoms with Crippen LogP contribution in [-0.4, -0.2) is 29.4 Å². The van der Waals surface area contributed by atoms with Gasteiger partial charge in [0.1, 0.15) is 6.61 Å². The summed E-state index contributed by atoms with van der Waals surface area (Å²) in [6.45, 7) is 2.26. The lowest BCUT2D eigenvalue weighted by molar-refractivity contribution is -0.117. The van der Waals surface area contributed by atoms with Gasteiger partial charge in [-0.1, -0.05) is 51.9 Å². The molecule has 1 N–H and O–H groups in total. The standard InChI is InChI=1S/C17H26O4/c1-2-3-4-5-6-7-8-9-15(19)13-21-17-12-14(18)10-11-16(17)20/h10-12,15,19H,2-9,13H2,1H3. The predicted molar refractivity (Wildman–Crippen MR) is 81.8 cm³/mol. The van der Waals surface area contributed by atoms with Crippen LogP contribution in [0.1, 0.15) is 58.3 Å². The first-order valence-electron chi connectivity index (χ1n) is 7.92. The molecule has 0 aromatic carbocycles. The lowest BCUT2D eigenvalue weighted by atomic mass is 10.1. The number of rotatable bonds is 11. The largest absolute Gasteiger partial charge is 0.487 e. The maximum absolute atomic E-state index is 11.4. The van der Waals surface area contributed by atoms with Gasteiger partial charge in [0.25, 0.3) is 0 Å². The predicted octanol–water partition coefficient (Wildman–Crippen LogP) is 3.10. The van der Waals surface area contributed by atoms with Gasteiger partial charge >= 0.3 is 0 Å². The molecule has 0 radical (unpaired) electrons. The van der Waals surface area contributed by atoms with E-state index >= 15 is 0 Å². The maximum atomic E-state index is 11.4. The number of carbonyl (C=O) groups is 2. The summed E-state index contributed by atoms with van der Waals surface area (Å²) in [7, 11) is 0. The Labute approximate surface area is 126 Å². The summed E-state index contributed by atoms with van der Waals surface area (Å²) in [5, 5.41) is 9.81. The lowest BCUT2D eigenvalue weighted by Crippen LogP contribution is -2.19. The van der Waals surface area contributed by atoms with Crippen molar-refractivity contribution in [2.24, 2.45) is 0 Å². The fourth-order valence-corrected chi connectivity index (χ4v) is 2.21. The van der Waals surface area contributed by atoms with Gasteiger partial charge in [0, 0.05) is 6.08 Å². The van der Waals surface area contributed by atoms with Crippen molar-refractivity contribution >= 4 is 11.6 Å². The Kier molecular flexibility index (Phi) is 8.67.